The molecule has 2 aromatic rings. The number of ether oxygens (including phenoxy) is 1. The van der Waals surface area contributed by atoms with Gasteiger partial charge < -0.3 is 15.0 Å². The fourth-order valence-corrected chi connectivity index (χ4v) is 2.07. The van der Waals surface area contributed by atoms with E-state index >= 15 is 0 Å². The highest BCUT2D eigenvalue weighted by Gasteiger charge is 2.09. The first-order valence-corrected chi connectivity index (χ1v) is 6.25. The van der Waals surface area contributed by atoms with Crippen LogP contribution in [-0.4, -0.2) is 18.2 Å². The third-order valence-corrected chi connectivity index (χ3v) is 3.33. The first-order valence-electron chi connectivity index (χ1n) is 5.87. The van der Waals surface area contributed by atoms with Gasteiger partial charge in [-0.3, -0.25) is 0 Å². The van der Waals surface area contributed by atoms with Gasteiger partial charge in [-0.1, -0.05) is 11.6 Å². The summed E-state index contributed by atoms with van der Waals surface area (Å²) in [5.74, 6) is 0.764. The summed E-state index contributed by atoms with van der Waals surface area (Å²) in [7, 11) is 1.65. The SMILES string of the molecule is COc1cc(Cl)c(C)cc1-n1ccc(CCN)c1. The minimum absolute atomic E-state index is 0.654. The van der Waals surface area contributed by atoms with Gasteiger partial charge in [-0.15, -0.1) is 0 Å². The van der Waals surface area contributed by atoms with Crippen LogP contribution in [0.5, 0.6) is 5.75 Å². The number of nitrogens with two attached hydrogens (primary N) is 1. The number of rotatable bonds is 4. The molecule has 0 aliphatic carbocycles. The lowest BCUT2D eigenvalue weighted by Gasteiger charge is -2.11. The molecular weight excluding hydrogens is 248 g/mol. The highest BCUT2D eigenvalue weighted by atomic mass is 35.5. The van der Waals surface area contributed by atoms with Crippen LogP contribution in [0, 0.1) is 6.92 Å². The van der Waals surface area contributed by atoms with Gasteiger partial charge in [0.1, 0.15) is 5.75 Å². The Morgan fingerprint density at radius 1 is 1.39 bits per heavy atom. The minimum Gasteiger partial charge on any atom is -0.495 e. The molecule has 1 heterocycles. The Morgan fingerprint density at radius 3 is 2.83 bits per heavy atom. The van der Waals surface area contributed by atoms with Crippen molar-refractivity contribution >= 4 is 11.6 Å². The van der Waals surface area contributed by atoms with Crippen molar-refractivity contribution in [3.63, 3.8) is 0 Å². The molecule has 0 amide bonds. The molecule has 0 aliphatic heterocycles. The van der Waals surface area contributed by atoms with Gasteiger partial charge >= 0.3 is 0 Å². The van der Waals surface area contributed by atoms with E-state index in [0.717, 1.165) is 23.4 Å². The van der Waals surface area contributed by atoms with E-state index in [0.29, 0.717) is 11.6 Å². The maximum Gasteiger partial charge on any atom is 0.144 e. The van der Waals surface area contributed by atoms with Crippen LogP contribution in [0.1, 0.15) is 11.1 Å². The average molecular weight is 265 g/mol. The molecule has 0 unspecified atom stereocenters. The zero-order valence-electron chi connectivity index (χ0n) is 10.6. The molecule has 0 saturated heterocycles. The van der Waals surface area contributed by atoms with Crippen molar-refractivity contribution in [2.24, 2.45) is 5.73 Å². The van der Waals surface area contributed by atoms with Crippen molar-refractivity contribution in [2.75, 3.05) is 13.7 Å². The van der Waals surface area contributed by atoms with Crippen molar-refractivity contribution in [3.8, 4) is 11.4 Å². The second-order valence-corrected chi connectivity index (χ2v) is 4.65. The first-order chi connectivity index (χ1) is 8.65. The van der Waals surface area contributed by atoms with E-state index in [1.54, 1.807) is 7.11 Å². The molecule has 0 atom stereocenters. The lowest BCUT2D eigenvalue weighted by molar-refractivity contribution is 0.413. The summed E-state index contributed by atoms with van der Waals surface area (Å²) in [6, 6.07) is 5.93. The molecule has 0 bridgehead atoms. The van der Waals surface area contributed by atoms with Gasteiger partial charge in [0.2, 0.25) is 0 Å². The number of methoxy groups -OCH3 is 1. The molecule has 0 aliphatic rings. The van der Waals surface area contributed by atoms with Gasteiger partial charge in [-0.05, 0) is 43.1 Å². The Hall–Kier alpha value is -1.45. The number of hydrogen-bond acceptors (Lipinski definition) is 2. The molecule has 4 heteroatoms. The van der Waals surface area contributed by atoms with Crippen LogP contribution in [0.4, 0.5) is 0 Å². The van der Waals surface area contributed by atoms with Gasteiger partial charge in [0.15, 0.2) is 0 Å². The molecule has 18 heavy (non-hydrogen) atoms. The van der Waals surface area contributed by atoms with Gasteiger partial charge in [0.05, 0.1) is 12.8 Å². The molecule has 0 saturated carbocycles. The fourth-order valence-electron chi connectivity index (χ4n) is 1.92. The number of hydrogen-bond donors (Lipinski definition) is 1. The van der Waals surface area contributed by atoms with E-state index in [4.69, 9.17) is 22.1 Å². The molecule has 1 aromatic heterocycles. The van der Waals surface area contributed by atoms with E-state index in [1.807, 2.05) is 29.8 Å². The Morgan fingerprint density at radius 2 is 2.17 bits per heavy atom. The summed E-state index contributed by atoms with van der Waals surface area (Å²) in [4.78, 5) is 0. The third-order valence-electron chi connectivity index (χ3n) is 2.93. The van der Waals surface area contributed by atoms with Crippen molar-refractivity contribution in [1.82, 2.24) is 4.57 Å². The van der Waals surface area contributed by atoms with Crippen LogP contribution in [0.3, 0.4) is 0 Å². The average Bonchev–Trinajstić information content (AvgIpc) is 2.81. The molecule has 0 radical (unpaired) electrons. The van der Waals surface area contributed by atoms with Crippen molar-refractivity contribution in [3.05, 3.63) is 46.7 Å². The number of aromatic nitrogens is 1. The Balaban J connectivity index is 2.45. The quantitative estimate of drug-likeness (QED) is 0.922. The lowest BCUT2D eigenvalue weighted by atomic mass is 10.2. The largest absolute Gasteiger partial charge is 0.495 e. The van der Waals surface area contributed by atoms with Crippen LogP contribution in [0.2, 0.25) is 5.02 Å². The molecule has 1 aromatic carbocycles. The normalized spacial score (nSPS) is 10.7. The summed E-state index contributed by atoms with van der Waals surface area (Å²) in [6.45, 7) is 2.64. The second-order valence-electron chi connectivity index (χ2n) is 4.24. The number of benzene rings is 1. The molecule has 2 rings (SSSR count). The van der Waals surface area contributed by atoms with Gasteiger partial charge in [0, 0.05) is 23.5 Å². The third kappa shape index (κ3) is 2.52. The number of halogens is 1. The molecule has 96 valence electrons. The van der Waals surface area contributed by atoms with Crippen LogP contribution in [0.25, 0.3) is 5.69 Å². The predicted molar refractivity (Wildman–Crippen MR) is 74.8 cm³/mol. The molecular formula is C14H17ClN2O. The Kier molecular flexibility index (Phi) is 3.94. The smallest absolute Gasteiger partial charge is 0.144 e. The standard InChI is InChI=1S/C14H17ClN2O/c1-10-7-13(14(18-2)8-12(10)15)17-6-4-11(9-17)3-5-16/h4,6-9H,3,5,16H2,1-2H3. The molecule has 3 nitrogen and oxygen atoms in total. The van der Waals surface area contributed by atoms with Crippen LogP contribution in [0.15, 0.2) is 30.6 Å². The minimum atomic E-state index is 0.654. The maximum absolute atomic E-state index is 6.10. The van der Waals surface area contributed by atoms with E-state index in [9.17, 15) is 0 Å². The van der Waals surface area contributed by atoms with E-state index < -0.39 is 0 Å². The fraction of sp³-hybridized carbons (Fsp3) is 0.286. The van der Waals surface area contributed by atoms with Crippen LogP contribution < -0.4 is 10.5 Å². The lowest BCUT2D eigenvalue weighted by Crippen LogP contribution is -2.02. The topological polar surface area (TPSA) is 40.2 Å². The van der Waals surface area contributed by atoms with Crippen molar-refractivity contribution in [1.29, 1.82) is 0 Å². The zero-order chi connectivity index (χ0) is 13.1. The second kappa shape index (κ2) is 5.46. The summed E-state index contributed by atoms with van der Waals surface area (Å²) >= 11 is 6.10. The van der Waals surface area contributed by atoms with Crippen molar-refractivity contribution < 1.29 is 4.74 Å². The summed E-state index contributed by atoms with van der Waals surface area (Å²) in [5, 5.41) is 0.713. The van der Waals surface area contributed by atoms with Gasteiger partial charge in [-0.25, -0.2) is 0 Å². The van der Waals surface area contributed by atoms with E-state index in [-0.39, 0.29) is 0 Å². The van der Waals surface area contributed by atoms with E-state index in [1.165, 1.54) is 5.56 Å². The molecule has 0 spiro atoms. The maximum atomic E-state index is 6.10. The number of aryl methyl sites for hydroxylation is 1. The Labute approximate surface area is 112 Å². The van der Waals surface area contributed by atoms with Crippen LogP contribution in [-0.2, 0) is 6.42 Å². The van der Waals surface area contributed by atoms with Gasteiger partial charge in [0.25, 0.3) is 0 Å². The van der Waals surface area contributed by atoms with Crippen LogP contribution >= 0.6 is 11.6 Å². The Bertz CT molecular complexity index is 549. The first kappa shape index (κ1) is 13.0. The zero-order valence-corrected chi connectivity index (χ0v) is 11.4. The van der Waals surface area contributed by atoms with Gasteiger partial charge in [-0.2, -0.15) is 0 Å². The summed E-state index contributed by atoms with van der Waals surface area (Å²) in [5.41, 5.74) is 8.79. The predicted octanol–water partition coefficient (Wildman–Crippen LogP) is 2.95. The highest BCUT2D eigenvalue weighted by molar-refractivity contribution is 6.31. The monoisotopic (exact) mass is 264 g/mol. The highest BCUT2D eigenvalue weighted by Crippen LogP contribution is 2.30. The summed E-state index contributed by atoms with van der Waals surface area (Å²) in [6.07, 6.45) is 4.95. The molecule has 0 fully saturated rings. The summed E-state index contributed by atoms with van der Waals surface area (Å²) < 4.78 is 7.41. The number of nitrogens with zero attached hydrogens (tertiary/aromatic N) is 1. The molecule has 2 N–H and O–H groups in total. The van der Waals surface area contributed by atoms with Crippen molar-refractivity contribution in [2.45, 2.75) is 13.3 Å². The van der Waals surface area contributed by atoms with E-state index in [2.05, 4.69) is 12.3 Å².